The van der Waals surface area contributed by atoms with Gasteiger partial charge in [0.1, 0.15) is 0 Å². The zero-order chi connectivity index (χ0) is 15.7. The van der Waals surface area contributed by atoms with E-state index in [-0.39, 0.29) is 0 Å². The molecule has 0 amide bonds. The van der Waals surface area contributed by atoms with Gasteiger partial charge in [0, 0.05) is 16.2 Å². The van der Waals surface area contributed by atoms with Crippen LogP contribution >= 0.6 is 23.4 Å². The van der Waals surface area contributed by atoms with Crippen LogP contribution < -0.4 is 0 Å². The average molecular weight is 328 g/mol. The van der Waals surface area contributed by atoms with E-state index in [1.54, 1.807) is 11.8 Å². The number of hydrogen-bond acceptors (Lipinski definition) is 2. The van der Waals surface area contributed by atoms with Crippen molar-refractivity contribution in [2.75, 3.05) is 0 Å². The lowest BCUT2D eigenvalue weighted by molar-refractivity contribution is 1.15. The van der Waals surface area contributed by atoms with Crippen LogP contribution in [-0.2, 0) is 5.75 Å². The maximum Gasteiger partial charge on any atom is 0.0973 e. The molecular formula is C19H18ClNS. The number of pyridine rings is 1. The Labute approximate surface area is 140 Å². The van der Waals surface area contributed by atoms with Gasteiger partial charge in [-0.3, -0.25) is 0 Å². The first kappa shape index (κ1) is 15.4. The summed E-state index contributed by atoms with van der Waals surface area (Å²) in [6.07, 6.45) is 0. The minimum Gasteiger partial charge on any atom is -0.241 e. The van der Waals surface area contributed by atoms with Gasteiger partial charge in [-0.1, -0.05) is 35.4 Å². The summed E-state index contributed by atoms with van der Waals surface area (Å²) in [5.41, 5.74) is 6.14. The van der Waals surface area contributed by atoms with Gasteiger partial charge in [-0.05, 0) is 61.7 Å². The minimum atomic E-state index is 0.784. The fourth-order valence-corrected chi connectivity index (χ4v) is 3.80. The van der Waals surface area contributed by atoms with E-state index in [0.29, 0.717) is 0 Å². The van der Waals surface area contributed by atoms with Crippen molar-refractivity contribution in [3.63, 3.8) is 0 Å². The Kier molecular flexibility index (Phi) is 4.42. The van der Waals surface area contributed by atoms with E-state index in [1.807, 2.05) is 18.2 Å². The van der Waals surface area contributed by atoms with Crippen molar-refractivity contribution in [1.82, 2.24) is 4.98 Å². The van der Waals surface area contributed by atoms with Gasteiger partial charge in [-0.25, -0.2) is 4.98 Å². The second-order valence-electron chi connectivity index (χ2n) is 5.67. The number of nitrogens with zero attached hydrogens (tertiary/aromatic N) is 1. The van der Waals surface area contributed by atoms with Crippen LogP contribution in [0.5, 0.6) is 0 Å². The normalized spacial score (nSPS) is 11.1. The minimum absolute atomic E-state index is 0.784. The van der Waals surface area contributed by atoms with E-state index in [4.69, 9.17) is 16.6 Å². The van der Waals surface area contributed by atoms with Crippen LogP contribution in [0.4, 0.5) is 0 Å². The second-order valence-corrected chi connectivity index (χ2v) is 7.11. The highest BCUT2D eigenvalue weighted by Gasteiger charge is 2.07. The molecule has 1 nitrogen and oxygen atoms in total. The monoisotopic (exact) mass is 327 g/mol. The largest absolute Gasteiger partial charge is 0.241 e. The third kappa shape index (κ3) is 3.29. The predicted molar refractivity (Wildman–Crippen MR) is 97.0 cm³/mol. The fourth-order valence-electron chi connectivity index (χ4n) is 2.67. The maximum absolute atomic E-state index is 6.04. The van der Waals surface area contributed by atoms with Crippen molar-refractivity contribution in [2.24, 2.45) is 0 Å². The van der Waals surface area contributed by atoms with Crippen molar-refractivity contribution in [3.8, 4) is 0 Å². The predicted octanol–water partition coefficient (Wildman–Crippen LogP) is 6.11. The number of halogens is 1. The molecule has 0 aliphatic carbocycles. The number of aromatic nitrogens is 1. The van der Waals surface area contributed by atoms with E-state index < -0.39 is 0 Å². The molecule has 0 saturated carbocycles. The molecule has 1 heterocycles. The smallest absolute Gasteiger partial charge is 0.0973 e. The number of fused-ring (bicyclic) bond motifs is 1. The van der Waals surface area contributed by atoms with E-state index >= 15 is 0 Å². The van der Waals surface area contributed by atoms with Gasteiger partial charge < -0.3 is 0 Å². The number of benzene rings is 2. The Hall–Kier alpha value is -1.51. The van der Waals surface area contributed by atoms with Crippen molar-refractivity contribution in [1.29, 1.82) is 0 Å². The molecule has 1 aromatic heterocycles. The Balaban J connectivity index is 1.92. The molecule has 0 fully saturated rings. The Morgan fingerprint density at radius 3 is 2.59 bits per heavy atom. The van der Waals surface area contributed by atoms with Crippen molar-refractivity contribution in [2.45, 2.75) is 31.6 Å². The zero-order valence-electron chi connectivity index (χ0n) is 13.0. The molecule has 112 valence electrons. The van der Waals surface area contributed by atoms with Crippen molar-refractivity contribution >= 4 is 34.3 Å². The quantitative estimate of drug-likeness (QED) is 0.538. The van der Waals surface area contributed by atoms with Gasteiger partial charge in [0.05, 0.1) is 10.5 Å². The first-order valence-electron chi connectivity index (χ1n) is 7.29. The first-order chi connectivity index (χ1) is 10.5. The number of hydrogen-bond donors (Lipinski definition) is 0. The molecule has 0 aliphatic heterocycles. The highest BCUT2D eigenvalue weighted by Crippen LogP contribution is 2.29. The van der Waals surface area contributed by atoms with E-state index in [1.165, 1.54) is 27.6 Å². The Morgan fingerprint density at radius 2 is 1.82 bits per heavy atom. The highest BCUT2D eigenvalue weighted by atomic mass is 35.5. The molecule has 0 saturated heterocycles. The van der Waals surface area contributed by atoms with Gasteiger partial charge in [-0.2, -0.15) is 0 Å². The molecule has 3 aromatic rings. The van der Waals surface area contributed by atoms with Crippen LogP contribution in [0.3, 0.4) is 0 Å². The fraction of sp³-hybridized carbons (Fsp3) is 0.211. The van der Waals surface area contributed by atoms with E-state index in [9.17, 15) is 0 Å². The molecule has 0 spiro atoms. The standard InChI is InChI=1S/C19H18ClNS/c1-12-7-14(3)19-17(8-12)13(2)9-18(21-19)22-11-15-5-4-6-16(20)10-15/h4-10H,11H2,1-3H3. The van der Waals surface area contributed by atoms with Gasteiger partial charge >= 0.3 is 0 Å². The van der Waals surface area contributed by atoms with Crippen LogP contribution in [0.25, 0.3) is 10.9 Å². The molecule has 3 heteroatoms. The summed E-state index contributed by atoms with van der Waals surface area (Å²) >= 11 is 7.80. The Bertz CT molecular complexity index is 842. The molecule has 0 atom stereocenters. The molecule has 0 unspecified atom stereocenters. The van der Waals surface area contributed by atoms with Crippen LogP contribution in [0.1, 0.15) is 22.3 Å². The summed E-state index contributed by atoms with van der Waals surface area (Å²) in [6.45, 7) is 6.42. The summed E-state index contributed by atoms with van der Waals surface area (Å²) < 4.78 is 0. The summed E-state index contributed by atoms with van der Waals surface area (Å²) in [5.74, 6) is 0.878. The van der Waals surface area contributed by atoms with E-state index in [0.717, 1.165) is 21.3 Å². The summed E-state index contributed by atoms with van der Waals surface area (Å²) in [7, 11) is 0. The summed E-state index contributed by atoms with van der Waals surface area (Å²) in [4.78, 5) is 4.84. The van der Waals surface area contributed by atoms with Crippen LogP contribution in [-0.4, -0.2) is 4.98 Å². The number of thioether (sulfide) groups is 1. The molecule has 0 aliphatic rings. The van der Waals surface area contributed by atoms with Gasteiger partial charge in [0.25, 0.3) is 0 Å². The molecule has 3 rings (SSSR count). The van der Waals surface area contributed by atoms with Gasteiger partial charge in [0.2, 0.25) is 0 Å². The molecule has 22 heavy (non-hydrogen) atoms. The van der Waals surface area contributed by atoms with Crippen molar-refractivity contribution < 1.29 is 0 Å². The lowest BCUT2D eigenvalue weighted by atomic mass is 10.0. The zero-order valence-corrected chi connectivity index (χ0v) is 14.6. The SMILES string of the molecule is Cc1cc(C)c2nc(SCc3cccc(Cl)c3)cc(C)c2c1. The topological polar surface area (TPSA) is 12.9 Å². The average Bonchev–Trinajstić information content (AvgIpc) is 2.46. The summed E-state index contributed by atoms with van der Waals surface area (Å²) in [6, 6.07) is 14.6. The maximum atomic E-state index is 6.04. The molecule has 0 N–H and O–H groups in total. The first-order valence-corrected chi connectivity index (χ1v) is 8.65. The lowest BCUT2D eigenvalue weighted by Gasteiger charge is -2.10. The Morgan fingerprint density at radius 1 is 1.00 bits per heavy atom. The van der Waals surface area contributed by atoms with Crippen molar-refractivity contribution in [3.05, 3.63) is 69.7 Å². The van der Waals surface area contributed by atoms with Crippen LogP contribution in [0.15, 0.2) is 47.5 Å². The van der Waals surface area contributed by atoms with Gasteiger partial charge in [-0.15, -0.1) is 11.8 Å². The second kappa shape index (κ2) is 6.31. The molecule has 0 bridgehead atoms. The lowest BCUT2D eigenvalue weighted by Crippen LogP contribution is -1.92. The van der Waals surface area contributed by atoms with Crippen LogP contribution in [0, 0.1) is 20.8 Å². The molecular weight excluding hydrogens is 310 g/mol. The van der Waals surface area contributed by atoms with E-state index in [2.05, 4.69) is 45.0 Å². The van der Waals surface area contributed by atoms with Gasteiger partial charge in [0.15, 0.2) is 0 Å². The third-order valence-electron chi connectivity index (χ3n) is 3.71. The van der Waals surface area contributed by atoms with Crippen LogP contribution in [0.2, 0.25) is 5.02 Å². The molecule has 0 radical (unpaired) electrons. The number of aryl methyl sites for hydroxylation is 3. The highest BCUT2D eigenvalue weighted by molar-refractivity contribution is 7.98. The summed E-state index contributed by atoms with van der Waals surface area (Å²) in [5, 5.41) is 3.11. The third-order valence-corrected chi connectivity index (χ3v) is 4.93. The molecule has 2 aromatic carbocycles. The number of rotatable bonds is 3.